The molecule has 4 heteroatoms. The van der Waals surface area contributed by atoms with E-state index in [4.69, 9.17) is 21.1 Å². The van der Waals surface area contributed by atoms with Crippen LogP contribution in [0.1, 0.15) is 18.5 Å². The summed E-state index contributed by atoms with van der Waals surface area (Å²) in [6.45, 7) is 2.40. The van der Waals surface area contributed by atoms with Gasteiger partial charge < -0.3 is 14.8 Å². The van der Waals surface area contributed by atoms with Crippen LogP contribution in [0.3, 0.4) is 0 Å². The van der Waals surface area contributed by atoms with Crippen molar-refractivity contribution in [1.82, 2.24) is 0 Å². The van der Waals surface area contributed by atoms with Gasteiger partial charge in [-0.05, 0) is 42.8 Å². The number of ether oxygens (including phenoxy) is 2. The van der Waals surface area contributed by atoms with Crippen molar-refractivity contribution in [2.24, 2.45) is 0 Å². The lowest BCUT2D eigenvalue weighted by Crippen LogP contribution is -2.06. The van der Waals surface area contributed by atoms with Crippen molar-refractivity contribution in [1.29, 1.82) is 0 Å². The Hall–Kier alpha value is -1.87. The Morgan fingerprint density at radius 3 is 2.79 bits per heavy atom. The van der Waals surface area contributed by atoms with E-state index in [1.807, 2.05) is 42.5 Å². The average molecular weight is 276 g/mol. The molecule has 1 atom stereocenters. The highest BCUT2D eigenvalue weighted by molar-refractivity contribution is 6.30. The van der Waals surface area contributed by atoms with Gasteiger partial charge in [-0.25, -0.2) is 0 Å². The summed E-state index contributed by atoms with van der Waals surface area (Å²) >= 11 is 5.97. The second-order valence-corrected chi connectivity index (χ2v) is 4.93. The maximum absolute atomic E-state index is 5.97. The molecular formula is C15H14ClNO2. The molecular weight excluding hydrogens is 262 g/mol. The predicted molar refractivity (Wildman–Crippen MR) is 76.1 cm³/mol. The summed E-state index contributed by atoms with van der Waals surface area (Å²) in [6.07, 6.45) is 0. The highest BCUT2D eigenvalue weighted by Gasteiger charge is 2.15. The fraction of sp³-hybridized carbons (Fsp3) is 0.200. The van der Waals surface area contributed by atoms with Crippen LogP contribution in [0.4, 0.5) is 5.69 Å². The van der Waals surface area contributed by atoms with Gasteiger partial charge in [-0.3, -0.25) is 0 Å². The van der Waals surface area contributed by atoms with Gasteiger partial charge in [0.05, 0.1) is 0 Å². The van der Waals surface area contributed by atoms with Gasteiger partial charge in [0.15, 0.2) is 11.5 Å². The van der Waals surface area contributed by atoms with Crippen LogP contribution in [0.5, 0.6) is 11.5 Å². The Morgan fingerprint density at radius 2 is 1.95 bits per heavy atom. The van der Waals surface area contributed by atoms with Crippen LogP contribution in [0.15, 0.2) is 42.5 Å². The van der Waals surface area contributed by atoms with Crippen LogP contribution < -0.4 is 14.8 Å². The van der Waals surface area contributed by atoms with Crippen molar-refractivity contribution in [2.45, 2.75) is 13.0 Å². The zero-order chi connectivity index (χ0) is 13.2. The summed E-state index contributed by atoms with van der Waals surface area (Å²) < 4.78 is 10.7. The smallest absolute Gasteiger partial charge is 0.231 e. The van der Waals surface area contributed by atoms with Crippen LogP contribution in [0.25, 0.3) is 0 Å². The quantitative estimate of drug-likeness (QED) is 0.909. The Balaban J connectivity index is 1.78. The first-order valence-electron chi connectivity index (χ1n) is 6.14. The van der Waals surface area contributed by atoms with Crippen LogP contribution in [0, 0.1) is 0 Å². The third kappa shape index (κ3) is 2.61. The molecule has 0 aromatic heterocycles. The molecule has 19 heavy (non-hydrogen) atoms. The average Bonchev–Trinajstić information content (AvgIpc) is 2.85. The van der Waals surface area contributed by atoms with Gasteiger partial charge in [0, 0.05) is 16.8 Å². The molecule has 3 rings (SSSR count). The van der Waals surface area contributed by atoms with E-state index < -0.39 is 0 Å². The topological polar surface area (TPSA) is 30.5 Å². The van der Waals surface area contributed by atoms with Gasteiger partial charge in [-0.1, -0.05) is 23.7 Å². The monoisotopic (exact) mass is 275 g/mol. The minimum Gasteiger partial charge on any atom is -0.454 e. The predicted octanol–water partition coefficient (Wildman–Crippen LogP) is 4.24. The second kappa shape index (κ2) is 5.02. The van der Waals surface area contributed by atoms with Gasteiger partial charge in [0.2, 0.25) is 6.79 Å². The second-order valence-electron chi connectivity index (χ2n) is 4.49. The Kier molecular flexibility index (Phi) is 3.22. The van der Waals surface area contributed by atoms with Gasteiger partial charge in [-0.15, -0.1) is 0 Å². The molecule has 0 aliphatic carbocycles. The molecule has 1 N–H and O–H groups in total. The Morgan fingerprint density at radius 1 is 1.11 bits per heavy atom. The molecule has 0 saturated carbocycles. The number of nitrogens with one attached hydrogen (secondary N) is 1. The van der Waals surface area contributed by atoms with Crippen molar-refractivity contribution in [3.63, 3.8) is 0 Å². The molecule has 0 radical (unpaired) electrons. The number of fused-ring (bicyclic) bond motifs is 1. The van der Waals surface area contributed by atoms with Gasteiger partial charge in [0.25, 0.3) is 0 Å². The molecule has 2 aromatic rings. The molecule has 1 aliphatic heterocycles. The number of rotatable bonds is 3. The van der Waals surface area contributed by atoms with Crippen molar-refractivity contribution in [3.05, 3.63) is 53.1 Å². The molecule has 0 amide bonds. The van der Waals surface area contributed by atoms with E-state index in [9.17, 15) is 0 Å². The SMILES string of the molecule is CC(Nc1cccc(Cl)c1)c1ccc2c(c1)OCO2. The van der Waals surface area contributed by atoms with E-state index in [1.54, 1.807) is 0 Å². The van der Waals surface area contributed by atoms with Gasteiger partial charge >= 0.3 is 0 Å². The molecule has 1 heterocycles. The van der Waals surface area contributed by atoms with E-state index in [0.717, 1.165) is 27.8 Å². The molecule has 0 fully saturated rings. The van der Waals surface area contributed by atoms with E-state index in [1.165, 1.54) is 0 Å². The van der Waals surface area contributed by atoms with Gasteiger partial charge in [0.1, 0.15) is 0 Å². The van der Waals surface area contributed by atoms with Crippen molar-refractivity contribution in [3.8, 4) is 11.5 Å². The summed E-state index contributed by atoms with van der Waals surface area (Å²) in [6, 6.07) is 13.8. The van der Waals surface area contributed by atoms with Crippen LogP contribution in [-0.2, 0) is 0 Å². The van der Waals surface area contributed by atoms with Gasteiger partial charge in [-0.2, -0.15) is 0 Å². The van der Waals surface area contributed by atoms with Crippen molar-refractivity contribution < 1.29 is 9.47 Å². The lowest BCUT2D eigenvalue weighted by atomic mass is 10.1. The largest absolute Gasteiger partial charge is 0.454 e. The summed E-state index contributed by atoms with van der Waals surface area (Å²) in [4.78, 5) is 0. The number of anilines is 1. The lowest BCUT2D eigenvalue weighted by Gasteiger charge is -2.16. The highest BCUT2D eigenvalue weighted by Crippen LogP contribution is 2.34. The third-order valence-electron chi connectivity index (χ3n) is 3.10. The summed E-state index contributed by atoms with van der Waals surface area (Å²) in [7, 11) is 0. The standard InChI is InChI=1S/C15H14ClNO2/c1-10(17-13-4-2-3-12(16)8-13)11-5-6-14-15(7-11)19-9-18-14/h2-8,10,17H,9H2,1H3. The van der Waals surface area contributed by atoms with Crippen LogP contribution in [-0.4, -0.2) is 6.79 Å². The summed E-state index contributed by atoms with van der Waals surface area (Å²) in [5.41, 5.74) is 2.14. The molecule has 1 aliphatic rings. The fourth-order valence-corrected chi connectivity index (χ4v) is 2.28. The van der Waals surface area contributed by atoms with E-state index in [-0.39, 0.29) is 6.04 Å². The maximum atomic E-state index is 5.97. The molecule has 2 aromatic carbocycles. The number of hydrogen-bond donors (Lipinski definition) is 1. The number of hydrogen-bond acceptors (Lipinski definition) is 3. The number of halogens is 1. The molecule has 98 valence electrons. The normalized spacial score (nSPS) is 14.2. The molecule has 1 unspecified atom stereocenters. The highest BCUT2D eigenvalue weighted by atomic mass is 35.5. The first-order chi connectivity index (χ1) is 9.22. The Bertz CT molecular complexity index is 600. The van der Waals surface area contributed by atoms with Crippen LogP contribution >= 0.6 is 11.6 Å². The van der Waals surface area contributed by atoms with E-state index >= 15 is 0 Å². The van der Waals surface area contributed by atoms with E-state index in [2.05, 4.69) is 12.2 Å². The van der Waals surface area contributed by atoms with Crippen LogP contribution in [0.2, 0.25) is 5.02 Å². The maximum Gasteiger partial charge on any atom is 0.231 e. The first-order valence-corrected chi connectivity index (χ1v) is 6.52. The lowest BCUT2D eigenvalue weighted by molar-refractivity contribution is 0.174. The van der Waals surface area contributed by atoms with Crippen molar-refractivity contribution in [2.75, 3.05) is 12.1 Å². The fourth-order valence-electron chi connectivity index (χ4n) is 2.09. The zero-order valence-electron chi connectivity index (χ0n) is 10.5. The Labute approximate surface area is 117 Å². The summed E-state index contributed by atoms with van der Waals surface area (Å²) in [5.74, 6) is 1.61. The minimum absolute atomic E-state index is 0.160. The molecule has 0 spiro atoms. The zero-order valence-corrected chi connectivity index (χ0v) is 11.3. The first kappa shape index (κ1) is 12.2. The number of benzene rings is 2. The minimum atomic E-state index is 0.160. The molecule has 0 bridgehead atoms. The third-order valence-corrected chi connectivity index (χ3v) is 3.34. The van der Waals surface area contributed by atoms with E-state index in [0.29, 0.717) is 6.79 Å². The van der Waals surface area contributed by atoms with Crippen molar-refractivity contribution >= 4 is 17.3 Å². The summed E-state index contributed by atoms with van der Waals surface area (Å²) in [5, 5.41) is 4.13. The molecule has 3 nitrogen and oxygen atoms in total. The molecule has 0 saturated heterocycles.